The molecule has 1 heterocycles. The van der Waals surface area contributed by atoms with E-state index in [-0.39, 0.29) is 18.7 Å². The monoisotopic (exact) mass is 349 g/mol. The molecule has 1 aromatic rings. The second-order valence-electron chi connectivity index (χ2n) is 6.20. The minimum atomic E-state index is -4.35. The summed E-state index contributed by atoms with van der Waals surface area (Å²) in [7, 11) is 1.73. The van der Waals surface area contributed by atoms with Gasteiger partial charge in [-0.3, -0.25) is 4.90 Å². The summed E-state index contributed by atoms with van der Waals surface area (Å²) in [6, 6.07) is 8.53. The van der Waals surface area contributed by atoms with Gasteiger partial charge in [-0.2, -0.15) is 18.4 Å². The summed E-state index contributed by atoms with van der Waals surface area (Å²) in [4.78, 5) is 1.44. The van der Waals surface area contributed by atoms with Gasteiger partial charge in [0, 0.05) is 25.8 Å². The van der Waals surface area contributed by atoms with Crippen LogP contribution < -0.4 is 5.32 Å². The van der Waals surface area contributed by atoms with E-state index in [0.29, 0.717) is 12.0 Å². The molecular formula is C19H22F3N3. The number of hydrogen-bond acceptors (Lipinski definition) is 3. The fourth-order valence-electron chi connectivity index (χ4n) is 3.25. The van der Waals surface area contributed by atoms with Gasteiger partial charge >= 0.3 is 6.18 Å². The Labute approximate surface area is 146 Å². The van der Waals surface area contributed by atoms with Crippen molar-refractivity contribution in [3.8, 4) is 6.07 Å². The molecule has 6 heteroatoms. The number of nitrogens with zero attached hydrogens (tertiary/aromatic N) is 2. The average Bonchev–Trinajstić information content (AvgIpc) is 2.57. The number of benzene rings is 1. The Kier molecular flexibility index (Phi) is 5.91. The molecule has 134 valence electrons. The van der Waals surface area contributed by atoms with E-state index in [2.05, 4.69) is 11.4 Å². The highest BCUT2D eigenvalue weighted by molar-refractivity contribution is 5.48. The van der Waals surface area contributed by atoms with Crippen molar-refractivity contribution < 1.29 is 13.2 Å². The molecule has 2 rings (SSSR count). The summed E-state index contributed by atoms with van der Waals surface area (Å²) in [6.07, 6.45) is -3.93. The summed E-state index contributed by atoms with van der Waals surface area (Å²) < 4.78 is 41.1. The van der Waals surface area contributed by atoms with Gasteiger partial charge in [0.25, 0.3) is 0 Å². The van der Waals surface area contributed by atoms with Crippen molar-refractivity contribution in [3.63, 3.8) is 0 Å². The molecule has 0 aliphatic carbocycles. The molecule has 25 heavy (non-hydrogen) atoms. The molecule has 1 aliphatic rings. The minimum absolute atomic E-state index is 0.191. The molecule has 1 aliphatic heterocycles. The van der Waals surface area contributed by atoms with Crippen molar-refractivity contribution in [2.45, 2.75) is 32.5 Å². The fourth-order valence-corrected chi connectivity index (χ4v) is 3.25. The van der Waals surface area contributed by atoms with E-state index in [1.807, 2.05) is 0 Å². The second-order valence-corrected chi connectivity index (χ2v) is 6.20. The van der Waals surface area contributed by atoms with Crippen molar-refractivity contribution >= 4 is 0 Å². The number of allylic oxidation sites excluding steroid dienone is 2. The first kappa shape index (κ1) is 19.1. The third-order valence-corrected chi connectivity index (χ3v) is 4.56. The topological polar surface area (TPSA) is 39.1 Å². The van der Waals surface area contributed by atoms with E-state index in [1.165, 1.54) is 17.0 Å². The van der Waals surface area contributed by atoms with Crippen molar-refractivity contribution in [1.29, 1.82) is 5.26 Å². The van der Waals surface area contributed by atoms with Crippen molar-refractivity contribution in [2.75, 3.05) is 20.1 Å². The van der Waals surface area contributed by atoms with Crippen LogP contribution in [0.2, 0.25) is 0 Å². The Morgan fingerprint density at radius 3 is 2.40 bits per heavy atom. The van der Waals surface area contributed by atoms with E-state index in [1.54, 1.807) is 39.1 Å². The van der Waals surface area contributed by atoms with Crippen molar-refractivity contribution in [1.82, 2.24) is 10.2 Å². The van der Waals surface area contributed by atoms with E-state index < -0.39 is 12.2 Å². The van der Waals surface area contributed by atoms with Gasteiger partial charge in [0.15, 0.2) is 0 Å². The molecule has 0 saturated carbocycles. The number of hydrogen-bond donors (Lipinski definition) is 1. The number of rotatable bonds is 4. The third-order valence-electron chi connectivity index (χ3n) is 4.56. The van der Waals surface area contributed by atoms with E-state index >= 15 is 0 Å². The SMILES string of the molecule is CN/C(C)=C(\C#N)C1=C(C)CN(C(c2ccccc2)C(F)(F)F)CC1. The fraction of sp³-hybridized carbons (Fsp3) is 0.421. The van der Waals surface area contributed by atoms with Crippen molar-refractivity contribution in [3.05, 3.63) is 58.3 Å². The van der Waals surface area contributed by atoms with E-state index in [9.17, 15) is 18.4 Å². The molecular weight excluding hydrogens is 327 g/mol. The van der Waals surface area contributed by atoms with Crippen LogP contribution in [0.3, 0.4) is 0 Å². The molecule has 0 saturated heterocycles. The highest BCUT2D eigenvalue weighted by Gasteiger charge is 2.45. The van der Waals surface area contributed by atoms with Crippen LogP contribution in [-0.4, -0.2) is 31.2 Å². The molecule has 0 fully saturated rings. The summed E-state index contributed by atoms with van der Waals surface area (Å²) in [5.74, 6) is 0. The van der Waals surface area contributed by atoms with Gasteiger partial charge in [0.1, 0.15) is 12.1 Å². The zero-order valence-electron chi connectivity index (χ0n) is 14.6. The molecule has 1 N–H and O–H groups in total. The maximum absolute atomic E-state index is 13.7. The predicted octanol–water partition coefficient (Wildman–Crippen LogP) is 4.33. The number of halogens is 3. The Morgan fingerprint density at radius 2 is 1.92 bits per heavy atom. The zero-order valence-corrected chi connectivity index (χ0v) is 14.6. The first-order valence-corrected chi connectivity index (χ1v) is 8.13. The van der Waals surface area contributed by atoms with E-state index in [4.69, 9.17) is 0 Å². The quantitative estimate of drug-likeness (QED) is 0.823. The summed E-state index contributed by atoms with van der Waals surface area (Å²) >= 11 is 0. The van der Waals surface area contributed by atoms with Gasteiger partial charge in [0.05, 0.1) is 5.57 Å². The van der Waals surface area contributed by atoms with Crippen LogP contribution in [-0.2, 0) is 0 Å². The van der Waals surface area contributed by atoms with Gasteiger partial charge in [0.2, 0.25) is 0 Å². The lowest BCUT2D eigenvalue weighted by molar-refractivity contribution is -0.186. The Balaban J connectivity index is 2.36. The van der Waals surface area contributed by atoms with Gasteiger partial charge in [-0.15, -0.1) is 0 Å². The Hall–Kier alpha value is -2.26. The highest BCUT2D eigenvalue weighted by atomic mass is 19.4. The Morgan fingerprint density at radius 1 is 1.28 bits per heavy atom. The average molecular weight is 349 g/mol. The molecule has 1 unspecified atom stereocenters. The van der Waals surface area contributed by atoms with Gasteiger partial charge < -0.3 is 5.32 Å². The Bertz CT molecular complexity index is 712. The maximum Gasteiger partial charge on any atom is 0.408 e. The van der Waals surface area contributed by atoms with Crippen LogP contribution in [0.15, 0.2) is 52.7 Å². The summed E-state index contributed by atoms with van der Waals surface area (Å²) in [5.41, 5.74) is 3.17. The predicted molar refractivity (Wildman–Crippen MR) is 91.5 cm³/mol. The largest absolute Gasteiger partial charge is 0.408 e. The van der Waals surface area contributed by atoms with Crippen LogP contribution in [0, 0.1) is 11.3 Å². The molecule has 0 aromatic heterocycles. The van der Waals surface area contributed by atoms with E-state index in [0.717, 1.165) is 16.8 Å². The summed E-state index contributed by atoms with van der Waals surface area (Å²) in [5, 5.41) is 12.4. The molecule has 0 bridgehead atoms. The van der Waals surface area contributed by atoms with Crippen LogP contribution >= 0.6 is 0 Å². The normalized spacial score (nSPS) is 18.4. The lowest BCUT2D eigenvalue weighted by Gasteiger charge is -2.37. The minimum Gasteiger partial charge on any atom is -0.391 e. The zero-order chi connectivity index (χ0) is 18.6. The number of nitrogens with one attached hydrogen (secondary N) is 1. The van der Waals surface area contributed by atoms with Crippen LogP contribution in [0.4, 0.5) is 13.2 Å². The molecule has 0 spiro atoms. The maximum atomic E-state index is 13.7. The third kappa shape index (κ3) is 4.23. The van der Waals surface area contributed by atoms with Gasteiger partial charge in [-0.05, 0) is 31.4 Å². The molecule has 0 radical (unpaired) electrons. The number of nitriles is 1. The molecule has 3 nitrogen and oxygen atoms in total. The first-order valence-electron chi connectivity index (χ1n) is 8.13. The smallest absolute Gasteiger partial charge is 0.391 e. The number of alkyl halides is 3. The standard InChI is InChI=1S/C19H22F3N3/c1-13-12-25(10-9-16(13)17(11-23)14(2)24-3)18(19(20,21)22)15-7-5-4-6-8-15/h4-8,18,24H,9-10,12H2,1-3H3/b17-14+. The van der Waals surface area contributed by atoms with Crippen LogP contribution in [0.25, 0.3) is 0 Å². The van der Waals surface area contributed by atoms with Crippen molar-refractivity contribution in [2.24, 2.45) is 0 Å². The molecule has 1 aromatic carbocycles. The lowest BCUT2D eigenvalue weighted by atomic mass is 9.91. The van der Waals surface area contributed by atoms with Gasteiger partial charge in [-0.1, -0.05) is 35.9 Å². The lowest BCUT2D eigenvalue weighted by Crippen LogP contribution is -2.42. The molecule has 1 atom stereocenters. The summed E-state index contributed by atoms with van der Waals surface area (Å²) in [6.45, 7) is 4.05. The van der Waals surface area contributed by atoms with Crippen LogP contribution in [0.1, 0.15) is 31.9 Å². The van der Waals surface area contributed by atoms with Crippen LogP contribution in [0.5, 0.6) is 0 Å². The second kappa shape index (κ2) is 7.75. The first-order chi connectivity index (χ1) is 11.8. The molecule has 0 amide bonds. The highest BCUT2D eigenvalue weighted by Crippen LogP contribution is 2.40. The van der Waals surface area contributed by atoms with Gasteiger partial charge in [-0.25, -0.2) is 0 Å².